The molecule has 4 N–H and O–H groups in total. The Labute approximate surface area is 223 Å². The van der Waals surface area contributed by atoms with Crippen molar-refractivity contribution < 1.29 is 49.1 Å². The minimum absolute atomic E-state index is 0.191. The number of hydrogen-bond donors (Lipinski definition) is 4. The van der Waals surface area contributed by atoms with Crippen LogP contribution in [0.3, 0.4) is 0 Å². The molecule has 0 aliphatic heterocycles. The van der Waals surface area contributed by atoms with E-state index < -0.39 is 23.9 Å². The smallest absolute Gasteiger partial charge is 0.336 e. The largest absolute Gasteiger partial charge is 0.478 e. The number of carbonyl (C=O) groups is 4. The zero-order valence-electron chi connectivity index (χ0n) is 19.8. The molecular weight excluding hydrogens is 524 g/mol. The van der Waals surface area contributed by atoms with Gasteiger partial charge in [-0.25, -0.2) is 19.2 Å². The van der Waals surface area contributed by atoms with Gasteiger partial charge in [-0.2, -0.15) is 0 Å². The molecule has 4 aromatic carbocycles. The number of benzene rings is 4. The number of rotatable bonds is 10. The van der Waals surface area contributed by atoms with E-state index in [1.807, 2.05) is 24.3 Å². The van der Waals surface area contributed by atoms with Crippen LogP contribution in [0.5, 0.6) is 23.0 Å². The van der Waals surface area contributed by atoms with Crippen molar-refractivity contribution in [3.63, 3.8) is 0 Å². The quantitative estimate of drug-likeness (QED) is 0.217. The highest BCUT2D eigenvalue weighted by atomic mass is 28.2. The molecule has 11 heteroatoms. The number of hydrogen-bond acceptors (Lipinski definition) is 6. The SMILES string of the molecule is O=C(O)c1ccc(Oc2ccc([Si]c3ccc(Oc4ccc(C(=O)O)c(C(=O)O)c4)cc3)cc2)cc1C(=O)O. The van der Waals surface area contributed by atoms with Crippen LogP contribution in [0.1, 0.15) is 41.4 Å². The fourth-order valence-corrected chi connectivity index (χ4v) is 4.55. The van der Waals surface area contributed by atoms with E-state index in [-0.39, 0.29) is 43.3 Å². The van der Waals surface area contributed by atoms with Crippen molar-refractivity contribution in [2.75, 3.05) is 0 Å². The molecule has 0 saturated carbocycles. The summed E-state index contributed by atoms with van der Waals surface area (Å²) >= 11 is 0. The molecule has 10 nitrogen and oxygen atoms in total. The molecule has 0 amide bonds. The summed E-state index contributed by atoms with van der Waals surface area (Å²) in [5.41, 5.74) is -1.40. The molecule has 0 bridgehead atoms. The molecular formula is C28H18O10Si. The van der Waals surface area contributed by atoms with Crippen molar-refractivity contribution in [1.82, 2.24) is 0 Å². The molecule has 2 radical (unpaired) electrons. The molecule has 0 spiro atoms. The van der Waals surface area contributed by atoms with Gasteiger partial charge in [0.2, 0.25) is 0 Å². The second-order valence-electron chi connectivity index (χ2n) is 8.01. The van der Waals surface area contributed by atoms with Gasteiger partial charge in [0.15, 0.2) is 0 Å². The zero-order chi connectivity index (χ0) is 28.1. The molecule has 0 atom stereocenters. The summed E-state index contributed by atoms with van der Waals surface area (Å²) < 4.78 is 11.4. The van der Waals surface area contributed by atoms with Crippen molar-refractivity contribution >= 4 is 43.8 Å². The summed E-state index contributed by atoms with van der Waals surface area (Å²) in [6.07, 6.45) is 0. The van der Waals surface area contributed by atoms with Gasteiger partial charge in [0, 0.05) is 0 Å². The summed E-state index contributed by atoms with van der Waals surface area (Å²) in [6, 6.07) is 21.7. The lowest BCUT2D eigenvalue weighted by Gasteiger charge is -2.10. The lowest BCUT2D eigenvalue weighted by molar-refractivity contribution is 0.0651. The van der Waals surface area contributed by atoms with Gasteiger partial charge < -0.3 is 29.9 Å². The Morgan fingerprint density at radius 1 is 0.436 bits per heavy atom. The molecule has 0 fully saturated rings. The topological polar surface area (TPSA) is 168 Å². The Balaban J connectivity index is 1.40. The normalized spacial score (nSPS) is 10.5. The molecule has 4 rings (SSSR count). The van der Waals surface area contributed by atoms with Crippen LogP contribution in [-0.4, -0.2) is 53.8 Å². The second-order valence-corrected chi connectivity index (χ2v) is 9.42. The minimum atomic E-state index is -1.37. The van der Waals surface area contributed by atoms with E-state index in [0.29, 0.717) is 11.5 Å². The number of carboxylic acid groups (broad SMARTS) is 4. The van der Waals surface area contributed by atoms with Gasteiger partial charge in [-0.3, -0.25) is 0 Å². The summed E-state index contributed by atoms with van der Waals surface area (Å²) in [4.78, 5) is 45.1. The molecule has 0 unspecified atom stereocenters. The summed E-state index contributed by atoms with van der Waals surface area (Å²) in [5, 5.41) is 38.8. The first-order valence-electron chi connectivity index (χ1n) is 11.1. The van der Waals surface area contributed by atoms with E-state index in [2.05, 4.69) is 0 Å². The molecule has 0 saturated heterocycles. The molecule has 0 aliphatic rings. The Bertz CT molecular complexity index is 1460. The third-order valence-electron chi connectivity index (χ3n) is 5.37. The van der Waals surface area contributed by atoms with Crippen LogP contribution in [-0.2, 0) is 0 Å². The average Bonchev–Trinajstić information content (AvgIpc) is 2.90. The van der Waals surface area contributed by atoms with E-state index in [9.17, 15) is 29.4 Å². The minimum Gasteiger partial charge on any atom is -0.478 e. The second kappa shape index (κ2) is 11.3. The number of aromatic carboxylic acids is 4. The highest BCUT2D eigenvalue weighted by Crippen LogP contribution is 2.25. The van der Waals surface area contributed by atoms with Gasteiger partial charge in [0.25, 0.3) is 0 Å². The predicted molar refractivity (Wildman–Crippen MR) is 139 cm³/mol. The fraction of sp³-hybridized carbons (Fsp3) is 0. The third kappa shape index (κ3) is 6.48. The first-order valence-corrected chi connectivity index (χ1v) is 12.1. The molecule has 4 aromatic rings. The van der Waals surface area contributed by atoms with E-state index in [1.54, 1.807) is 24.3 Å². The van der Waals surface area contributed by atoms with Crippen LogP contribution in [0.25, 0.3) is 0 Å². The van der Waals surface area contributed by atoms with Crippen LogP contribution in [0, 0.1) is 0 Å². The fourth-order valence-electron chi connectivity index (χ4n) is 3.55. The lowest BCUT2D eigenvalue weighted by atomic mass is 10.1. The van der Waals surface area contributed by atoms with Gasteiger partial charge in [0.05, 0.1) is 22.3 Å². The van der Waals surface area contributed by atoms with Crippen LogP contribution < -0.4 is 19.8 Å². The standard InChI is InChI=1S/C28H18O10Si/c29-25(30)21-11-5-17(13-23(21)27(33)34)37-15-1-7-19(8-2-15)39-20-9-3-16(4-10-20)38-18-6-12-22(26(31)32)24(14-18)28(35)36/h1-14H,(H,29,30)(H,31,32)(H,33,34)(H,35,36). The average molecular weight is 543 g/mol. The van der Waals surface area contributed by atoms with Gasteiger partial charge in [-0.05, 0) is 60.7 Å². The predicted octanol–water partition coefficient (Wildman–Crippen LogP) is 3.72. The Morgan fingerprint density at radius 3 is 1.05 bits per heavy atom. The van der Waals surface area contributed by atoms with Crippen molar-refractivity contribution in [3.8, 4) is 23.0 Å². The van der Waals surface area contributed by atoms with Crippen LogP contribution in [0.4, 0.5) is 0 Å². The van der Waals surface area contributed by atoms with Crippen LogP contribution in [0.2, 0.25) is 0 Å². The van der Waals surface area contributed by atoms with E-state index in [4.69, 9.17) is 19.7 Å². The first kappa shape index (κ1) is 26.6. The van der Waals surface area contributed by atoms with E-state index >= 15 is 0 Å². The molecule has 194 valence electrons. The maximum Gasteiger partial charge on any atom is 0.336 e. The third-order valence-corrected chi connectivity index (χ3v) is 6.62. The highest BCUT2D eigenvalue weighted by molar-refractivity contribution is 6.67. The highest BCUT2D eigenvalue weighted by Gasteiger charge is 2.18. The van der Waals surface area contributed by atoms with E-state index in [0.717, 1.165) is 22.5 Å². The van der Waals surface area contributed by atoms with Crippen molar-refractivity contribution in [2.24, 2.45) is 0 Å². The van der Waals surface area contributed by atoms with Crippen molar-refractivity contribution in [1.29, 1.82) is 0 Å². The van der Waals surface area contributed by atoms with E-state index in [1.165, 1.54) is 24.3 Å². The maximum absolute atomic E-state index is 11.4. The molecule has 39 heavy (non-hydrogen) atoms. The van der Waals surface area contributed by atoms with Gasteiger partial charge in [-0.15, -0.1) is 0 Å². The molecule has 0 aliphatic carbocycles. The van der Waals surface area contributed by atoms with Crippen LogP contribution in [0.15, 0.2) is 84.9 Å². The monoisotopic (exact) mass is 542 g/mol. The summed E-state index contributed by atoms with van der Waals surface area (Å²) in [5.74, 6) is -4.15. The Morgan fingerprint density at radius 2 is 0.744 bits per heavy atom. The van der Waals surface area contributed by atoms with Gasteiger partial charge in [-0.1, -0.05) is 34.6 Å². The van der Waals surface area contributed by atoms with Crippen molar-refractivity contribution in [2.45, 2.75) is 0 Å². The maximum atomic E-state index is 11.4. The lowest BCUT2D eigenvalue weighted by Crippen LogP contribution is -2.26. The summed E-state index contributed by atoms with van der Waals surface area (Å²) in [6.45, 7) is 0. The van der Waals surface area contributed by atoms with Crippen LogP contribution >= 0.6 is 0 Å². The zero-order valence-corrected chi connectivity index (χ0v) is 20.8. The molecule has 0 aromatic heterocycles. The summed E-state index contributed by atoms with van der Waals surface area (Å²) in [7, 11) is 0.288. The van der Waals surface area contributed by atoms with Gasteiger partial charge in [0.1, 0.15) is 32.5 Å². The van der Waals surface area contributed by atoms with Crippen molar-refractivity contribution in [3.05, 3.63) is 107 Å². The Hall–Kier alpha value is -5.42. The van der Waals surface area contributed by atoms with Gasteiger partial charge >= 0.3 is 23.9 Å². The number of carboxylic acids is 4. The first-order chi connectivity index (χ1) is 18.6. The molecule has 0 heterocycles. The Kier molecular flexibility index (Phi) is 7.73. The number of ether oxygens (including phenoxy) is 2.